The molecule has 3 rings (SSSR count). The Hall–Kier alpha value is -2.15. The van der Waals surface area contributed by atoms with Crippen molar-refractivity contribution in [3.8, 4) is 0 Å². The normalized spacial score (nSPS) is 14.3. The minimum Gasteiger partial charge on any atom is -0.481 e. The minimum atomic E-state index is -0.833. The van der Waals surface area contributed by atoms with Gasteiger partial charge in [-0.25, -0.2) is 9.50 Å². The van der Waals surface area contributed by atoms with E-state index < -0.39 is 5.97 Å². The van der Waals surface area contributed by atoms with Crippen LogP contribution in [0, 0.1) is 12.8 Å². The first kappa shape index (κ1) is 16.2. The van der Waals surface area contributed by atoms with E-state index in [9.17, 15) is 4.79 Å². The molecule has 1 saturated heterocycles. The average molecular weight is 306 g/mol. The number of hydrogen-bond acceptors (Lipinski definition) is 4. The summed E-state index contributed by atoms with van der Waals surface area (Å²) in [6.45, 7) is 7.25. The van der Waals surface area contributed by atoms with E-state index in [0.717, 1.165) is 55.5 Å². The molecule has 7 nitrogen and oxygen atoms in total. The lowest BCUT2D eigenvalue weighted by Gasteiger charge is -2.26. The van der Waals surface area contributed by atoms with Gasteiger partial charge in [-0.2, -0.15) is 0 Å². The van der Waals surface area contributed by atoms with Crippen molar-refractivity contribution in [3.63, 3.8) is 0 Å². The molecule has 1 aliphatic rings. The van der Waals surface area contributed by atoms with E-state index in [4.69, 9.17) is 9.90 Å². The Kier molecular flexibility index (Phi) is 4.97. The Balaban J connectivity index is 0.000000396. The molecule has 7 heteroatoms. The van der Waals surface area contributed by atoms with Crippen LogP contribution in [0.15, 0.2) is 10.9 Å². The number of aryl methyl sites for hydroxylation is 2. The quantitative estimate of drug-likeness (QED) is 0.777. The summed E-state index contributed by atoms with van der Waals surface area (Å²) >= 11 is 0. The van der Waals surface area contributed by atoms with Crippen molar-refractivity contribution in [2.24, 2.45) is 5.92 Å². The Morgan fingerprint density at radius 1 is 1.50 bits per heavy atom. The van der Waals surface area contributed by atoms with E-state index in [2.05, 4.69) is 22.3 Å². The van der Waals surface area contributed by atoms with Crippen molar-refractivity contribution >= 4 is 11.6 Å². The van der Waals surface area contributed by atoms with Gasteiger partial charge in [-0.1, -0.05) is 6.92 Å². The smallest absolute Gasteiger partial charge is 0.300 e. The van der Waals surface area contributed by atoms with Crippen LogP contribution in [0.5, 0.6) is 0 Å². The average Bonchev–Trinajstić information content (AvgIpc) is 2.71. The van der Waals surface area contributed by atoms with Crippen LogP contribution in [0.4, 0.5) is 0 Å². The van der Waals surface area contributed by atoms with E-state index >= 15 is 0 Å². The highest BCUT2D eigenvalue weighted by Gasteiger charge is 2.19. The van der Waals surface area contributed by atoms with Crippen molar-refractivity contribution in [2.75, 3.05) is 13.1 Å². The monoisotopic (exact) mass is 306 g/mol. The Morgan fingerprint density at radius 2 is 2.14 bits per heavy atom. The number of rotatable bonds is 3. The lowest BCUT2D eigenvalue weighted by molar-refractivity contribution is -0.134. The van der Waals surface area contributed by atoms with Gasteiger partial charge in [0.1, 0.15) is 0 Å². The standard InChI is InChI=1S/C13H18N4O.C2H4O2/c1-3-11-8(2)13-15-10(4-9-6-14-7-9)5-12(18)17(13)16-11;1-2(3)4/h5,9,14,16H,3-4,6-7H2,1-2H3;1H3,(H,3,4). The van der Waals surface area contributed by atoms with Crippen LogP contribution < -0.4 is 10.9 Å². The van der Waals surface area contributed by atoms with Gasteiger partial charge in [0.05, 0.1) is 0 Å². The molecule has 0 radical (unpaired) electrons. The maximum Gasteiger partial charge on any atom is 0.300 e. The summed E-state index contributed by atoms with van der Waals surface area (Å²) in [6.07, 6.45) is 1.78. The highest BCUT2D eigenvalue weighted by atomic mass is 16.4. The second-order valence-corrected chi connectivity index (χ2v) is 5.56. The first-order chi connectivity index (χ1) is 10.4. The van der Waals surface area contributed by atoms with Crippen LogP contribution in [-0.4, -0.2) is 38.8 Å². The van der Waals surface area contributed by atoms with E-state index in [1.54, 1.807) is 10.6 Å². The number of H-pyrrole nitrogens is 1. The highest BCUT2D eigenvalue weighted by molar-refractivity contribution is 5.62. The fourth-order valence-corrected chi connectivity index (χ4v) is 2.48. The number of nitrogens with zero attached hydrogens (tertiary/aromatic N) is 2. The zero-order chi connectivity index (χ0) is 16.3. The highest BCUT2D eigenvalue weighted by Crippen LogP contribution is 2.14. The third-order valence-electron chi connectivity index (χ3n) is 3.72. The molecular formula is C15H22N4O3. The number of hydrogen-bond donors (Lipinski definition) is 3. The molecule has 1 fully saturated rings. The van der Waals surface area contributed by atoms with Crippen LogP contribution in [0.3, 0.4) is 0 Å². The first-order valence-electron chi connectivity index (χ1n) is 7.42. The SMILES string of the molecule is CC(=O)O.CCc1[nH]n2c(=O)cc(CC3CNC3)nc2c1C. The molecule has 0 saturated carbocycles. The Labute approximate surface area is 128 Å². The minimum absolute atomic E-state index is 0.00918. The third kappa shape index (κ3) is 3.54. The number of aromatic amines is 1. The largest absolute Gasteiger partial charge is 0.481 e. The van der Waals surface area contributed by atoms with Gasteiger partial charge in [0.15, 0.2) is 5.65 Å². The first-order valence-corrected chi connectivity index (χ1v) is 7.42. The number of carbonyl (C=O) groups is 1. The molecule has 0 aliphatic carbocycles. The van der Waals surface area contributed by atoms with Gasteiger partial charge in [0, 0.05) is 29.9 Å². The summed E-state index contributed by atoms with van der Waals surface area (Å²) in [4.78, 5) is 25.7. The van der Waals surface area contributed by atoms with Crippen LogP contribution in [-0.2, 0) is 17.6 Å². The third-order valence-corrected chi connectivity index (χ3v) is 3.72. The van der Waals surface area contributed by atoms with E-state index in [1.165, 1.54) is 0 Å². The molecule has 22 heavy (non-hydrogen) atoms. The number of aliphatic carboxylic acids is 1. The molecule has 3 N–H and O–H groups in total. The van der Waals surface area contributed by atoms with Gasteiger partial charge in [-0.05, 0) is 38.8 Å². The maximum absolute atomic E-state index is 12.0. The van der Waals surface area contributed by atoms with E-state index in [0.29, 0.717) is 5.92 Å². The van der Waals surface area contributed by atoms with Gasteiger partial charge >= 0.3 is 0 Å². The van der Waals surface area contributed by atoms with Gasteiger partial charge < -0.3 is 10.4 Å². The van der Waals surface area contributed by atoms with E-state index in [1.807, 2.05) is 6.92 Å². The molecule has 120 valence electrons. The summed E-state index contributed by atoms with van der Waals surface area (Å²) in [6, 6.07) is 1.65. The van der Waals surface area contributed by atoms with Crippen LogP contribution in [0.25, 0.3) is 5.65 Å². The number of nitrogens with one attached hydrogen (secondary N) is 2. The van der Waals surface area contributed by atoms with Crippen molar-refractivity contribution in [3.05, 3.63) is 33.4 Å². The Bertz CT molecular complexity index is 724. The van der Waals surface area contributed by atoms with E-state index in [-0.39, 0.29) is 5.56 Å². The molecule has 0 atom stereocenters. The van der Waals surface area contributed by atoms with Crippen LogP contribution in [0.2, 0.25) is 0 Å². The zero-order valence-corrected chi connectivity index (χ0v) is 13.1. The molecule has 0 amide bonds. The van der Waals surface area contributed by atoms with Crippen molar-refractivity contribution < 1.29 is 9.90 Å². The van der Waals surface area contributed by atoms with Gasteiger partial charge in [-0.3, -0.25) is 14.7 Å². The molecule has 1 aliphatic heterocycles. The number of carboxylic acid groups (broad SMARTS) is 1. The van der Waals surface area contributed by atoms with Gasteiger partial charge in [0.2, 0.25) is 0 Å². The van der Waals surface area contributed by atoms with Gasteiger partial charge in [-0.15, -0.1) is 0 Å². The van der Waals surface area contributed by atoms with Crippen molar-refractivity contribution in [1.82, 2.24) is 19.9 Å². The fraction of sp³-hybridized carbons (Fsp3) is 0.533. The summed E-state index contributed by atoms with van der Waals surface area (Å²) in [7, 11) is 0. The Morgan fingerprint density at radius 3 is 2.64 bits per heavy atom. The molecule has 2 aromatic rings. The summed E-state index contributed by atoms with van der Waals surface area (Å²) < 4.78 is 1.55. The lowest BCUT2D eigenvalue weighted by atomic mass is 9.97. The zero-order valence-electron chi connectivity index (χ0n) is 13.1. The van der Waals surface area contributed by atoms with Crippen LogP contribution in [0.1, 0.15) is 30.8 Å². The predicted octanol–water partition coefficient (Wildman–Crippen LogP) is 0.746. The second kappa shape index (κ2) is 6.74. The summed E-state index contributed by atoms with van der Waals surface area (Å²) in [5.74, 6) is -0.204. The number of carboxylic acids is 1. The second-order valence-electron chi connectivity index (χ2n) is 5.56. The lowest BCUT2D eigenvalue weighted by Crippen LogP contribution is -2.43. The molecule has 3 heterocycles. The molecule has 0 unspecified atom stereocenters. The summed E-state index contributed by atoms with van der Waals surface area (Å²) in [5.41, 5.74) is 3.85. The molecular weight excluding hydrogens is 284 g/mol. The fourth-order valence-electron chi connectivity index (χ4n) is 2.48. The molecule has 0 aromatic carbocycles. The number of aromatic nitrogens is 3. The topological polar surface area (TPSA) is 99.5 Å². The molecule has 2 aromatic heterocycles. The van der Waals surface area contributed by atoms with Gasteiger partial charge in [0.25, 0.3) is 11.5 Å². The van der Waals surface area contributed by atoms with Crippen molar-refractivity contribution in [1.29, 1.82) is 0 Å². The maximum atomic E-state index is 12.0. The van der Waals surface area contributed by atoms with Crippen LogP contribution >= 0.6 is 0 Å². The van der Waals surface area contributed by atoms with Crippen molar-refractivity contribution in [2.45, 2.75) is 33.6 Å². The summed E-state index contributed by atoms with van der Waals surface area (Å²) in [5, 5.41) is 13.8. The predicted molar refractivity (Wildman–Crippen MR) is 83.3 cm³/mol. The molecule has 0 spiro atoms. The number of fused-ring (bicyclic) bond motifs is 1. The molecule has 0 bridgehead atoms.